The number of thiophene rings is 1. The summed E-state index contributed by atoms with van der Waals surface area (Å²) in [5.74, 6) is -2.21. The maximum Gasteiger partial charge on any atom is 0.246 e. The van der Waals surface area contributed by atoms with E-state index in [0.717, 1.165) is 23.8 Å². The summed E-state index contributed by atoms with van der Waals surface area (Å²) in [5.41, 5.74) is 0.736. The Bertz CT molecular complexity index is 619. The van der Waals surface area contributed by atoms with Crippen LogP contribution in [-0.4, -0.2) is 8.42 Å². The van der Waals surface area contributed by atoms with Gasteiger partial charge in [0.1, 0.15) is 11.6 Å². The van der Waals surface area contributed by atoms with Gasteiger partial charge >= 0.3 is 0 Å². The first kappa shape index (κ1) is 13.1. The van der Waals surface area contributed by atoms with Gasteiger partial charge in [-0.25, -0.2) is 21.9 Å². The van der Waals surface area contributed by atoms with Crippen LogP contribution in [0.15, 0.2) is 39.9 Å². The quantitative estimate of drug-likeness (QED) is 0.940. The van der Waals surface area contributed by atoms with Crippen molar-refractivity contribution in [3.05, 3.63) is 52.2 Å². The SMILES string of the molecule is O=S(=O)(NCc1ccsc1)c1c(F)cccc1F. The summed E-state index contributed by atoms with van der Waals surface area (Å²) >= 11 is 1.41. The van der Waals surface area contributed by atoms with Crippen LogP contribution in [0.1, 0.15) is 5.56 Å². The van der Waals surface area contributed by atoms with E-state index < -0.39 is 26.6 Å². The average molecular weight is 289 g/mol. The van der Waals surface area contributed by atoms with Gasteiger partial charge in [0.05, 0.1) is 0 Å². The minimum absolute atomic E-state index is 0.000389. The van der Waals surface area contributed by atoms with E-state index in [0.29, 0.717) is 0 Å². The van der Waals surface area contributed by atoms with Gasteiger partial charge in [0.2, 0.25) is 10.0 Å². The molecule has 0 unspecified atom stereocenters. The van der Waals surface area contributed by atoms with Crippen LogP contribution in [0.3, 0.4) is 0 Å². The maximum atomic E-state index is 13.4. The molecule has 1 aromatic heterocycles. The largest absolute Gasteiger partial charge is 0.246 e. The number of sulfonamides is 1. The van der Waals surface area contributed by atoms with Crippen molar-refractivity contribution < 1.29 is 17.2 Å². The molecule has 0 aliphatic rings. The molecule has 18 heavy (non-hydrogen) atoms. The van der Waals surface area contributed by atoms with E-state index in [9.17, 15) is 17.2 Å². The highest BCUT2D eigenvalue weighted by atomic mass is 32.2. The Kier molecular flexibility index (Phi) is 3.74. The summed E-state index contributed by atoms with van der Waals surface area (Å²) in [6.07, 6.45) is 0. The number of rotatable bonds is 4. The third-order valence-corrected chi connectivity index (χ3v) is 4.42. The second-order valence-electron chi connectivity index (χ2n) is 3.51. The maximum absolute atomic E-state index is 13.4. The van der Waals surface area contributed by atoms with Crippen LogP contribution in [-0.2, 0) is 16.6 Å². The second kappa shape index (κ2) is 5.13. The predicted octanol–water partition coefficient (Wildman–Crippen LogP) is 2.50. The smallest absolute Gasteiger partial charge is 0.207 e. The van der Waals surface area contributed by atoms with Gasteiger partial charge in [-0.2, -0.15) is 11.3 Å². The molecule has 0 bridgehead atoms. The van der Waals surface area contributed by atoms with Gasteiger partial charge in [-0.1, -0.05) is 6.07 Å². The third kappa shape index (κ3) is 2.74. The zero-order valence-electron chi connectivity index (χ0n) is 9.06. The van der Waals surface area contributed by atoms with Crippen LogP contribution in [0.2, 0.25) is 0 Å². The number of hydrogen-bond acceptors (Lipinski definition) is 3. The predicted molar refractivity (Wildman–Crippen MR) is 64.7 cm³/mol. The standard InChI is InChI=1S/C11H9F2NO2S2/c12-9-2-1-3-10(13)11(9)18(15,16)14-6-8-4-5-17-7-8/h1-5,7,14H,6H2. The minimum Gasteiger partial charge on any atom is -0.207 e. The number of benzene rings is 1. The molecule has 0 aliphatic carbocycles. The Morgan fingerprint density at radius 1 is 1.17 bits per heavy atom. The van der Waals surface area contributed by atoms with Crippen molar-refractivity contribution >= 4 is 21.4 Å². The molecular formula is C11H9F2NO2S2. The van der Waals surface area contributed by atoms with E-state index in [4.69, 9.17) is 0 Å². The lowest BCUT2D eigenvalue weighted by Crippen LogP contribution is -2.25. The summed E-state index contributed by atoms with van der Waals surface area (Å²) in [5, 5.41) is 3.54. The average Bonchev–Trinajstić information content (AvgIpc) is 2.78. The molecule has 0 fully saturated rings. The van der Waals surface area contributed by atoms with Crippen molar-refractivity contribution in [1.82, 2.24) is 4.72 Å². The molecule has 1 N–H and O–H groups in total. The van der Waals surface area contributed by atoms with Crippen molar-refractivity contribution in [1.29, 1.82) is 0 Å². The normalized spacial score (nSPS) is 11.7. The molecule has 1 heterocycles. The summed E-state index contributed by atoms with van der Waals surface area (Å²) in [6.45, 7) is -0.000389. The molecule has 0 spiro atoms. The highest BCUT2D eigenvalue weighted by Gasteiger charge is 2.23. The zero-order chi connectivity index (χ0) is 13.2. The molecule has 2 rings (SSSR count). The van der Waals surface area contributed by atoms with Crippen molar-refractivity contribution in [2.75, 3.05) is 0 Å². The van der Waals surface area contributed by atoms with E-state index >= 15 is 0 Å². The van der Waals surface area contributed by atoms with Crippen molar-refractivity contribution in [2.45, 2.75) is 11.4 Å². The van der Waals surface area contributed by atoms with Crippen LogP contribution in [0.5, 0.6) is 0 Å². The van der Waals surface area contributed by atoms with E-state index in [2.05, 4.69) is 4.72 Å². The second-order valence-corrected chi connectivity index (χ2v) is 5.99. The lowest BCUT2D eigenvalue weighted by Gasteiger charge is -2.07. The monoisotopic (exact) mass is 289 g/mol. The number of nitrogens with one attached hydrogen (secondary N) is 1. The molecule has 3 nitrogen and oxygen atoms in total. The van der Waals surface area contributed by atoms with Gasteiger partial charge in [-0.05, 0) is 34.5 Å². The first-order valence-corrected chi connectivity index (χ1v) is 7.38. The van der Waals surface area contributed by atoms with Crippen molar-refractivity contribution in [2.24, 2.45) is 0 Å². The Labute approximate surface area is 107 Å². The minimum atomic E-state index is -4.19. The van der Waals surface area contributed by atoms with Crippen molar-refractivity contribution in [3.8, 4) is 0 Å². The molecule has 1 aromatic carbocycles. The lowest BCUT2D eigenvalue weighted by atomic mass is 10.3. The zero-order valence-corrected chi connectivity index (χ0v) is 10.7. The van der Waals surface area contributed by atoms with E-state index in [1.165, 1.54) is 11.3 Å². The van der Waals surface area contributed by atoms with E-state index in [-0.39, 0.29) is 6.54 Å². The molecule has 0 atom stereocenters. The first-order valence-electron chi connectivity index (χ1n) is 4.95. The van der Waals surface area contributed by atoms with Gasteiger partial charge in [-0.15, -0.1) is 0 Å². The summed E-state index contributed by atoms with van der Waals surface area (Å²) in [6, 6.07) is 4.65. The van der Waals surface area contributed by atoms with Crippen LogP contribution in [0.4, 0.5) is 8.78 Å². The molecule has 0 amide bonds. The molecule has 0 aliphatic heterocycles. The van der Waals surface area contributed by atoms with Gasteiger partial charge < -0.3 is 0 Å². The fraction of sp³-hybridized carbons (Fsp3) is 0.0909. The van der Waals surface area contributed by atoms with Crippen LogP contribution < -0.4 is 4.72 Å². The number of halogens is 2. The molecule has 0 saturated heterocycles. The molecule has 0 saturated carbocycles. The first-order chi connectivity index (χ1) is 8.50. The fourth-order valence-electron chi connectivity index (χ4n) is 1.38. The fourth-order valence-corrected chi connectivity index (χ4v) is 3.20. The Balaban J connectivity index is 2.26. The summed E-state index contributed by atoms with van der Waals surface area (Å²) in [4.78, 5) is -0.944. The Morgan fingerprint density at radius 3 is 2.39 bits per heavy atom. The van der Waals surface area contributed by atoms with Gasteiger partial charge in [0.15, 0.2) is 4.90 Å². The van der Waals surface area contributed by atoms with Crippen LogP contribution >= 0.6 is 11.3 Å². The van der Waals surface area contributed by atoms with Gasteiger partial charge in [0, 0.05) is 6.54 Å². The molecular weight excluding hydrogens is 280 g/mol. The summed E-state index contributed by atoms with van der Waals surface area (Å²) in [7, 11) is -4.19. The lowest BCUT2D eigenvalue weighted by molar-refractivity contribution is 0.514. The van der Waals surface area contributed by atoms with Gasteiger partial charge in [-0.3, -0.25) is 0 Å². The summed E-state index contributed by atoms with van der Waals surface area (Å²) < 4.78 is 52.4. The third-order valence-electron chi connectivity index (χ3n) is 2.23. The molecule has 0 radical (unpaired) electrons. The Hall–Kier alpha value is -1.31. The molecule has 96 valence electrons. The van der Waals surface area contributed by atoms with E-state index in [1.54, 1.807) is 16.8 Å². The topological polar surface area (TPSA) is 46.2 Å². The highest BCUT2D eigenvalue weighted by Crippen LogP contribution is 2.18. The van der Waals surface area contributed by atoms with Crippen LogP contribution in [0.25, 0.3) is 0 Å². The molecule has 2 aromatic rings. The highest BCUT2D eigenvalue weighted by molar-refractivity contribution is 7.89. The van der Waals surface area contributed by atoms with Crippen molar-refractivity contribution in [3.63, 3.8) is 0 Å². The van der Waals surface area contributed by atoms with E-state index in [1.807, 2.05) is 0 Å². The molecule has 7 heteroatoms. The number of hydrogen-bond donors (Lipinski definition) is 1. The van der Waals surface area contributed by atoms with Crippen LogP contribution in [0, 0.1) is 11.6 Å². The Morgan fingerprint density at radius 2 is 1.83 bits per heavy atom. The van der Waals surface area contributed by atoms with Gasteiger partial charge in [0.25, 0.3) is 0 Å².